The van der Waals surface area contributed by atoms with E-state index in [-0.39, 0.29) is 0 Å². The van der Waals surface area contributed by atoms with Crippen LogP contribution in [0, 0.1) is 0 Å². The van der Waals surface area contributed by atoms with Gasteiger partial charge in [-0.25, -0.2) is 0 Å². The summed E-state index contributed by atoms with van der Waals surface area (Å²) in [5, 5.41) is 0. The van der Waals surface area contributed by atoms with Gasteiger partial charge in [0, 0.05) is 0 Å². The van der Waals surface area contributed by atoms with E-state index in [0.29, 0.717) is 6.25 Å². The molecule has 0 nitrogen and oxygen atoms in total. The van der Waals surface area contributed by atoms with Gasteiger partial charge >= 0.3 is 147 Å². The molecular weight excluding hydrogens is 360 g/mol. The van der Waals surface area contributed by atoms with Gasteiger partial charge in [0.25, 0.3) is 0 Å². The summed E-state index contributed by atoms with van der Waals surface area (Å²) in [5.41, 5.74) is 9.57. The van der Waals surface area contributed by atoms with E-state index >= 15 is 0 Å². The number of hydrogen-bond donors (Lipinski definition) is 0. The van der Waals surface area contributed by atoms with Crippen molar-refractivity contribution in [2.75, 3.05) is 0 Å². The molecule has 2 heteroatoms. The number of allylic oxidation sites excluding steroid dienone is 8. The van der Waals surface area contributed by atoms with E-state index < -0.39 is 26.8 Å². The monoisotopic (exact) mass is 391 g/mol. The summed E-state index contributed by atoms with van der Waals surface area (Å²) in [5.74, 6) is -0.673. The first-order valence-electron chi connectivity index (χ1n) is 8.60. The molecule has 0 saturated carbocycles. The molecule has 121 valence electrons. The molecule has 22 heavy (non-hydrogen) atoms. The molecule has 0 amide bonds. The van der Waals surface area contributed by atoms with Crippen molar-refractivity contribution in [3.8, 4) is 0 Å². The maximum absolute atomic E-state index is 2.66. The Bertz CT molecular complexity index is 580. The van der Waals surface area contributed by atoms with E-state index in [0.717, 1.165) is 0 Å². The summed E-state index contributed by atoms with van der Waals surface area (Å²) in [4.78, 5) is 0. The van der Waals surface area contributed by atoms with Gasteiger partial charge in [-0.15, -0.1) is 0 Å². The predicted octanol–water partition coefficient (Wildman–Crippen LogP) is 6.54. The molecule has 0 fully saturated rings. The zero-order valence-corrected chi connectivity index (χ0v) is 19.8. The van der Waals surface area contributed by atoms with Crippen LogP contribution in [0.2, 0.25) is 19.3 Å². The first kappa shape index (κ1) is 18.4. The number of hydrogen-bond acceptors (Lipinski definition) is 0. The predicted molar refractivity (Wildman–Crippen MR) is 99.9 cm³/mol. The Morgan fingerprint density at radius 3 is 1.23 bits per heavy atom. The Morgan fingerprint density at radius 2 is 1.05 bits per heavy atom. The van der Waals surface area contributed by atoms with Crippen LogP contribution in [0.25, 0.3) is 0 Å². The minimum absolute atomic E-state index is 0.411. The van der Waals surface area contributed by atoms with Gasteiger partial charge < -0.3 is 0 Å². The third-order valence-corrected chi connectivity index (χ3v) is 31.4. The summed E-state index contributed by atoms with van der Waals surface area (Å²) >= 11 is -1.77. The fourth-order valence-corrected chi connectivity index (χ4v) is 36.0. The van der Waals surface area contributed by atoms with Crippen molar-refractivity contribution in [3.05, 3.63) is 45.6 Å². The molecule has 2 aliphatic carbocycles. The van der Waals surface area contributed by atoms with E-state index in [1.807, 2.05) is 0 Å². The maximum atomic E-state index is 2.66. The zero-order valence-electron chi connectivity index (χ0n) is 16.2. The van der Waals surface area contributed by atoms with Crippen LogP contribution in [0.1, 0.15) is 55.4 Å². The molecular formula is C20H33SiZr. The molecule has 2 aliphatic rings. The van der Waals surface area contributed by atoms with Gasteiger partial charge in [0.15, 0.2) is 0 Å². The molecule has 0 aromatic heterocycles. The zero-order chi connectivity index (χ0) is 17.0. The molecule has 0 bridgehead atoms. The van der Waals surface area contributed by atoms with Crippen molar-refractivity contribution in [2.24, 2.45) is 0 Å². The molecule has 0 radical (unpaired) electrons. The summed E-state index contributed by atoms with van der Waals surface area (Å²) in [6, 6.07) is 0. The Balaban J connectivity index is 2.65. The van der Waals surface area contributed by atoms with Gasteiger partial charge in [-0.1, -0.05) is 0 Å². The third-order valence-electron chi connectivity index (χ3n) is 6.57. The van der Waals surface area contributed by atoms with Gasteiger partial charge in [-0.2, -0.15) is 0 Å². The van der Waals surface area contributed by atoms with Crippen molar-refractivity contribution in [1.82, 2.24) is 0 Å². The average molecular weight is 393 g/mol. The summed E-state index contributed by atoms with van der Waals surface area (Å²) in [6.45, 7) is 24.6. The molecule has 0 aliphatic heterocycles. The van der Waals surface area contributed by atoms with Crippen LogP contribution in [0.3, 0.4) is 0 Å². The van der Waals surface area contributed by atoms with Crippen LogP contribution >= 0.6 is 0 Å². The van der Waals surface area contributed by atoms with Crippen LogP contribution in [-0.2, 0) is 20.9 Å². The normalized spacial score (nSPS) is 32.1. The minimum atomic E-state index is -1.77. The van der Waals surface area contributed by atoms with Crippen molar-refractivity contribution in [2.45, 2.75) is 74.7 Å². The third kappa shape index (κ3) is 2.49. The standard InChI is InChI=1S/2C9H13.C2H7Si.Zr/c2*1-6-5-7(2)9(4)8(6)3;1-3-2;/h2*5H,1-4H3;3H,1-2H3;. The molecule has 2 rings (SSSR count). The fraction of sp³-hybridized carbons (Fsp3) is 0.600. The Kier molecular flexibility index (Phi) is 4.89. The Labute approximate surface area is 146 Å². The van der Waals surface area contributed by atoms with Gasteiger partial charge in [-0.3, -0.25) is 0 Å². The molecule has 0 aromatic carbocycles. The molecule has 0 spiro atoms. The van der Waals surface area contributed by atoms with Gasteiger partial charge in [-0.05, 0) is 0 Å². The first-order valence-corrected chi connectivity index (χ1v) is 18.2. The fourth-order valence-electron chi connectivity index (χ4n) is 4.97. The summed E-state index contributed by atoms with van der Waals surface area (Å²) < 4.78 is 0.822. The first-order chi connectivity index (χ1) is 9.96. The second-order valence-electron chi connectivity index (χ2n) is 8.13. The van der Waals surface area contributed by atoms with Crippen LogP contribution in [0.4, 0.5) is 0 Å². The average Bonchev–Trinajstić information content (AvgIpc) is 2.71. The van der Waals surface area contributed by atoms with E-state index in [2.05, 4.69) is 80.6 Å². The molecule has 0 N–H and O–H groups in total. The second kappa shape index (κ2) is 5.85. The molecule has 2 unspecified atom stereocenters. The second-order valence-corrected chi connectivity index (χ2v) is 29.5. The Hall–Kier alpha value is 0.0600. The van der Waals surface area contributed by atoms with Crippen LogP contribution in [0.5, 0.6) is 0 Å². The van der Waals surface area contributed by atoms with Crippen molar-refractivity contribution in [1.29, 1.82) is 0 Å². The molecule has 0 aromatic rings. The topological polar surface area (TPSA) is 0 Å². The van der Waals surface area contributed by atoms with Crippen molar-refractivity contribution >= 4 is 5.92 Å². The van der Waals surface area contributed by atoms with Crippen LogP contribution in [0.15, 0.2) is 45.6 Å². The number of rotatable bonds is 3. The molecule has 2 atom stereocenters. The molecule has 0 saturated heterocycles. The van der Waals surface area contributed by atoms with Crippen molar-refractivity contribution < 1.29 is 20.9 Å². The summed E-state index contributed by atoms with van der Waals surface area (Å²) in [7, 11) is 0. The quantitative estimate of drug-likeness (QED) is 0.478. The van der Waals surface area contributed by atoms with Gasteiger partial charge in [0.2, 0.25) is 0 Å². The van der Waals surface area contributed by atoms with E-state index in [1.165, 1.54) is 11.1 Å². The van der Waals surface area contributed by atoms with Gasteiger partial charge in [0.05, 0.1) is 0 Å². The Morgan fingerprint density at radius 1 is 0.727 bits per heavy atom. The van der Waals surface area contributed by atoms with Crippen LogP contribution < -0.4 is 0 Å². The van der Waals surface area contributed by atoms with E-state index in [9.17, 15) is 0 Å². The van der Waals surface area contributed by atoms with Gasteiger partial charge in [0.1, 0.15) is 0 Å². The van der Waals surface area contributed by atoms with Crippen LogP contribution in [-0.4, -0.2) is 5.92 Å². The SMILES string of the molecule is CC1=C[C](C)([Zr]([SiH](C)C)[C]2(C)C=C(C)C(C)=C2C)C(C)=C1C. The summed E-state index contributed by atoms with van der Waals surface area (Å²) in [6.07, 6.45) is 5.32. The molecule has 0 heterocycles. The van der Waals surface area contributed by atoms with E-state index in [1.54, 1.807) is 22.3 Å². The van der Waals surface area contributed by atoms with E-state index in [4.69, 9.17) is 0 Å². The van der Waals surface area contributed by atoms with Crippen molar-refractivity contribution in [3.63, 3.8) is 0 Å².